The maximum absolute atomic E-state index is 9.19. The van der Waals surface area contributed by atoms with E-state index in [1.165, 1.54) is 0 Å². The second-order valence-electron chi connectivity index (χ2n) is 4.64. The van der Waals surface area contributed by atoms with Crippen LogP contribution in [0.3, 0.4) is 0 Å². The summed E-state index contributed by atoms with van der Waals surface area (Å²) in [4.78, 5) is 4.18. The molecule has 1 aromatic rings. The number of nitrogens with one attached hydrogen (secondary N) is 1. The molecule has 0 aliphatic carbocycles. The highest BCUT2D eigenvalue weighted by Crippen LogP contribution is 2.12. The standard InChI is InChI=1S/C13H22N4/c1-4-7-16-13(3,11-14)6-5-9-17-10-8-15-12(17)2/h8,10,16H,4-7,9H2,1-3H3. The molecule has 0 aliphatic heterocycles. The first-order valence-electron chi connectivity index (χ1n) is 6.25. The van der Waals surface area contributed by atoms with Crippen molar-refractivity contribution in [2.45, 2.75) is 52.1 Å². The van der Waals surface area contributed by atoms with Gasteiger partial charge in [0.2, 0.25) is 0 Å². The normalized spacial score (nSPS) is 14.2. The van der Waals surface area contributed by atoms with Crippen LogP contribution in [-0.4, -0.2) is 21.6 Å². The zero-order valence-corrected chi connectivity index (χ0v) is 11.0. The molecule has 17 heavy (non-hydrogen) atoms. The number of imidazole rings is 1. The van der Waals surface area contributed by atoms with Crippen LogP contribution >= 0.6 is 0 Å². The zero-order valence-electron chi connectivity index (χ0n) is 11.0. The van der Waals surface area contributed by atoms with E-state index in [1.807, 2.05) is 26.2 Å². The lowest BCUT2D eigenvalue weighted by Gasteiger charge is -2.23. The Hall–Kier alpha value is -1.34. The van der Waals surface area contributed by atoms with E-state index < -0.39 is 5.54 Å². The first-order chi connectivity index (χ1) is 8.11. The van der Waals surface area contributed by atoms with Crippen molar-refractivity contribution < 1.29 is 0 Å². The fraction of sp³-hybridized carbons (Fsp3) is 0.692. The lowest BCUT2D eigenvalue weighted by atomic mass is 9.97. The number of hydrogen-bond acceptors (Lipinski definition) is 3. The minimum Gasteiger partial charge on any atom is -0.335 e. The molecule has 1 atom stereocenters. The molecule has 0 saturated carbocycles. The molecule has 1 rings (SSSR count). The summed E-state index contributed by atoms with van der Waals surface area (Å²) >= 11 is 0. The minimum absolute atomic E-state index is 0.398. The first kappa shape index (κ1) is 13.7. The van der Waals surface area contributed by atoms with Gasteiger partial charge in [-0.3, -0.25) is 5.32 Å². The summed E-state index contributed by atoms with van der Waals surface area (Å²) in [5.74, 6) is 1.03. The third-order valence-electron chi connectivity index (χ3n) is 3.01. The van der Waals surface area contributed by atoms with E-state index in [-0.39, 0.29) is 0 Å². The Morgan fingerprint density at radius 3 is 2.88 bits per heavy atom. The summed E-state index contributed by atoms with van der Waals surface area (Å²) in [6, 6.07) is 2.37. The van der Waals surface area contributed by atoms with Gasteiger partial charge in [-0.1, -0.05) is 6.92 Å². The van der Waals surface area contributed by atoms with E-state index in [0.29, 0.717) is 0 Å². The predicted octanol–water partition coefficient (Wildman–Crippen LogP) is 2.25. The van der Waals surface area contributed by atoms with Crippen LogP contribution in [0.5, 0.6) is 0 Å². The fourth-order valence-corrected chi connectivity index (χ4v) is 1.83. The molecule has 1 aromatic heterocycles. The molecule has 0 radical (unpaired) electrons. The fourth-order valence-electron chi connectivity index (χ4n) is 1.83. The Labute approximate surface area is 104 Å². The molecule has 0 spiro atoms. The van der Waals surface area contributed by atoms with Gasteiger partial charge in [-0.15, -0.1) is 0 Å². The Balaban J connectivity index is 2.38. The second kappa shape index (κ2) is 6.41. The number of aryl methyl sites for hydroxylation is 2. The Bertz CT molecular complexity index is 377. The zero-order chi connectivity index (χ0) is 12.7. The Morgan fingerprint density at radius 1 is 1.59 bits per heavy atom. The van der Waals surface area contributed by atoms with Gasteiger partial charge < -0.3 is 4.57 Å². The van der Waals surface area contributed by atoms with Crippen molar-refractivity contribution in [1.82, 2.24) is 14.9 Å². The molecule has 1 unspecified atom stereocenters. The van der Waals surface area contributed by atoms with Crippen molar-refractivity contribution in [1.29, 1.82) is 5.26 Å². The van der Waals surface area contributed by atoms with Crippen LogP contribution in [0.15, 0.2) is 12.4 Å². The average Bonchev–Trinajstić information content (AvgIpc) is 2.73. The number of nitrogens with zero attached hydrogens (tertiary/aromatic N) is 3. The van der Waals surface area contributed by atoms with Gasteiger partial charge in [0.25, 0.3) is 0 Å². The minimum atomic E-state index is -0.398. The van der Waals surface area contributed by atoms with E-state index in [0.717, 1.165) is 38.2 Å². The molecule has 0 aromatic carbocycles. The van der Waals surface area contributed by atoms with Crippen molar-refractivity contribution in [2.75, 3.05) is 6.54 Å². The van der Waals surface area contributed by atoms with Crippen molar-refractivity contribution in [3.63, 3.8) is 0 Å². The Morgan fingerprint density at radius 2 is 2.35 bits per heavy atom. The Kier molecular flexibility index (Phi) is 5.17. The molecule has 4 nitrogen and oxygen atoms in total. The summed E-state index contributed by atoms with van der Waals surface area (Å²) in [6.45, 7) is 7.91. The lowest BCUT2D eigenvalue weighted by Crippen LogP contribution is -2.41. The third-order valence-corrected chi connectivity index (χ3v) is 3.01. The van der Waals surface area contributed by atoms with Crippen LogP contribution in [0.1, 0.15) is 38.9 Å². The quantitative estimate of drug-likeness (QED) is 0.787. The highest BCUT2D eigenvalue weighted by molar-refractivity contribution is 5.03. The topological polar surface area (TPSA) is 53.6 Å². The van der Waals surface area contributed by atoms with Gasteiger partial charge in [0.05, 0.1) is 6.07 Å². The molecule has 4 heteroatoms. The SMILES string of the molecule is CCCNC(C)(C#N)CCCn1ccnc1C. The van der Waals surface area contributed by atoms with Crippen LogP contribution < -0.4 is 5.32 Å². The van der Waals surface area contributed by atoms with E-state index in [1.54, 1.807) is 0 Å². The van der Waals surface area contributed by atoms with Crippen LogP contribution in [-0.2, 0) is 6.54 Å². The maximum Gasteiger partial charge on any atom is 0.105 e. The summed E-state index contributed by atoms with van der Waals surface area (Å²) < 4.78 is 2.12. The van der Waals surface area contributed by atoms with Crippen LogP contribution in [0.4, 0.5) is 0 Å². The van der Waals surface area contributed by atoms with Gasteiger partial charge in [-0.05, 0) is 39.7 Å². The monoisotopic (exact) mass is 234 g/mol. The molecule has 0 fully saturated rings. The highest BCUT2D eigenvalue weighted by atomic mass is 15.0. The van der Waals surface area contributed by atoms with E-state index in [4.69, 9.17) is 0 Å². The molecule has 1 heterocycles. The molecule has 1 N–H and O–H groups in total. The molecule has 0 saturated heterocycles. The van der Waals surface area contributed by atoms with Gasteiger partial charge >= 0.3 is 0 Å². The molecular weight excluding hydrogens is 212 g/mol. The van der Waals surface area contributed by atoms with Gasteiger partial charge in [0.1, 0.15) is 11.4 Å². The summed E-state index contributed by atoms with van der Waals surface area (Å²) in [5.41, 5.74) is -0.398. The van der Waals surface area contributed by atoms with E-state index in [9.17, 15) is 5.26 Å². The average molecular weight is 234 g/mol. The smallest absolute Gasteiger partial charge is 0.105 e. The van der Waals surface area contributed by atoms with Crippen LogP contribution in [0.25, 0.3) is 0 Å². The lowest BCUT2D eigenvalue weighted by molar-refractivity contribution is 0.394. The van der Waals surface area contributed by atoms with Crippen LogP contribution in [0.2, 0.25) is 0 Å². The third kappa shape index (κ3) is 4.20. The van der Waals surface area contributed by atoms with Crippen molar-refractivity contribution in [3.05, 3.63) is 18.2 Å². The van der Waals surface area contributed by atoms with Gasteiger partial charge in [0, 0.05) is 18.9 Å². The van der Waals surface area contributed by atoms with Crippen molar-refractivity contribution >= 4 is 0 Å². The van der Waals surface area contributed by atoms with Crippen molar-refractivity contribution in [3.8, 4) is 6.07 Å². The van der Waals surface area contributed by atoms with E-state index >= 15 is 0 Å². The number of rotatable bonds is 7. The molecular formula is C13H22N4. The summed E-state index contributed by atoms with van der Waals surface area (Å²) in [6.07, 6.45) is 6.70. The van der Waals surface area contributed by atoms with Crippen LogP contribution in [0, 0.1) is 18.3 Å². The largest absolute Gasteiger partial charge is 0.335 e. The second-order valence-corrected chi connectivity index (χ2v) is 4.64. The van der Waals surface area contributed by atoms with Gasteiger partial charge in [-0.25, -0.2) is 4.98 Å². The molecule has 0 amide bonds. The highest BCUT2D eigenvalue weighted by Gasteiger charge is 2.21. The molecule has 0 aliphatic rings. The number of nitriles is 1. The summed E-state index contributed by atoms with van der Waals surface area (Å²) in [5, 5.41) is 12.5. The van der Waals surface area contributed by atoms with Crippen molar-refractivity contribution in [2.24, 2.45) is 0 Å². The number of hydrogen-bond donors (Lipinski definition) is 1. The maximum atomic E-state index is 9.19. The molecule has 94 valence electrons. The number of aromatic nitrogens is 2. The van der Waals surface area contributed by atoms with Gasteiger partial charge in [0.15, 0.2) is 0 Å². The first-order valence-corrected chi connectivity index (χ1v) is 6.25. The summed E-state index contributed by atoms with van der Waals surface area (Å²) in [7, 11) is 0. The van der Waals surface area contributed by atoms with E-state index in [2.05, 4.69) is 27.9 Å². The predicted molar refractivity (Wildman–Crippen MR) is 68.5 cm³/mol. The van der Waals surface area contributed by atoms with Gasteiger partial charge in [-0.2, -0.15) is 5.26 Å². The molecule has 0 bridgehead atoms.